The van der Waals surface area contributed by atoms with E-state index in [-0.39, 0.29) is 0 Å². The summed E-state index contributed by atoms with van der Waals surface area (Å²) in [5.41, 5.74) is 10.6. The second-order valence-electron chi connectivity index (χ2n) is 4.91. The molecule has 2 N–H and O–H groups in total. The van der Waals surface area contributed by atoms with Gasteiger partial charge in [0.2, 0.25) is 0 Å². The summed E-state index contributed by atoms with van der Waals surface area (Å²) >= 11 is 1.69. The van der Waals surface area contributed by atoms with E-state index in [0.717, 1.165) is 42.9 Å². The van der Waals surface area contributed by atoms with Gasteiger partial charge in [-0.25, -0.2) is 9.97 Å². The van der Waals surface area contributed by atoms with Crippen LogP contribution in [0.4, 0.5) is 0 Å². The lowest BCUT2D eigenvalue weighted by Crippen LogP contribution is -2.24. The summed E-state index contributed by atoms with van der Waals surface area (Å²) < 4.78 is 0. The molecule has 18 heavy (non-hydrogen) atoms. The smallest absolute Gasteiger partial charge is 0.160 e. The summed E-state index contributed by atoms with van der Waals surface area (Å²) in [4.78, 5) is 9.39. The first-order valence-corrected chi connectivity index (χ1v) is 7.31. The van der Waals surface area contributed by atoms with E-state index in [1.54, 1.807) is 11.3 Å². The quantitative estimate of drug-likeness (QED) is 0.902. The molecule has 4 heteroatoms. The van der Waals surface area contributed by atoms with E-state index < -0.39 is 0 Å². The van der Waals surface area contributed by atoms with Crippen LogP contribution in [0.1, 0.15) is 23.4 Å². The maximum atomic E-state index is 5.78. The Balaban J connectivity index is 2.01. The second-order valence-corrected chi connectivity index (χ2v) is 5.69. The molecule has 1 aliphatic rings. The molecule has 94 valence electrons. The molecule has 0 spiro atoms. The number of aromatic nitrogens is 2. The molecule has 3 nitrogen and oxygen atoms in total. The highest BCUT2D eigenvalue weighted by Gasteiger charge is 2.22. The number of aryl methyl sites for hydroxylation is 2. The van der Waals surface area contributed by atoms with Crippen LogP contribution in [0.25, 0.3) is 11.4 Å². The molecule has 1 aliphatic carbocycles. The molecule has 0 saturated heterocycles. The molecule has 1 unspecified atom stereocenters. The minimum Gasteiger partial charge on any atom is -0.330 e. The first-order valence-electron chi connectivity index (χ1n) is 6.37. The Morgan fingerprint density at radius 2 is 2.33 bits per heavy atom. The minimum atomic E-state index is 0.604. The van der Waals surface area contributed by atoms with E-state index >= 15 is 0 Å². The number of thiophene rings is 1. The summed E-state index contributed by atoms with van der Waals surface area (Å²) in [5.74, 6) is 1.48. The van der Waals surface area contributed by atoms with Crippen LogP contribution >= 0.6 is 11.3 Å². The van der Waals surface area contributed by atoms with Crippen molar-refractivity contribution in [2.24, 2.45) is 11.7 Å². The number of hydrogen-bond donors (Lipinski definition) is 1. The van der Waals surface area contributed by atoms with Crippen LogP contribution in [0, 0.1) is 12.8 Å². The van der Waals surface area contributed by atoms with E-state index in [1.165, 1.54) is 11.3 Å². The number of nitrogens with zero attached hydrogens (tertiary/aromatic N) is 2. The maximum Gasteiger partial charge on any atom is 0.160 e. The molecular formula is C14H17N3S. The van der Waals surface area contributed by atoms with Gasteiger partial charge in [0.1, 0.15) is 0 Å². The Kier molecular flexibility index (Phi) is 3.14. The van der Waals surface area contributed by atoms with Crippen molar-refractivity contribution >= 4 is 11.3 Å². The van der Waals surface area contributed by atoms with Crippen LogP contribution in [-0.4, -0.2) is 16.5 Å². The highest BCUT2D eigenvalue weighted by atomic mass is 32.1. The highest BCUT2D eigenvalue weighted by molar-refractivity contribution is 7.08. The topological polar surface area (TPSA) is 51.8 Å². The van der Waals surface area contributed by atoms with Crippen LogP contribution in [0.5, 0.6) is 0 Å². The summed E-state index contributed by atoms with van der Waals surface area (Å²) in [7, 11) is 0. The lowest BCUT2D eigenvalue weighted by molar-refractivity contribution is 0.460. The van der Waals surface area contributed by atoms with Crippen LogP contribution in [0.2, 0.25) is 0 Å². The first-order chi connectivity index (χ1) is 8.78. The van der Waals surface area contributed by atoms with Crippen molar-refractivity contribution in [2.75, 3.05) is 6.54 Å². The summed E-state index contributed by atoms with van der Waals surface area (Å²) in [6.45, 7) is 2.86. The van der Waals surface area contributed by atoms with Gasteiger partial charge in [-0.3, -0.25) is 0 Å². The Labute approximate surface area is 111 Å². The van der Waals surface area contributed by atoms with Crippen LogP contribution in [0.3, 0.4) is 0 Å². The average Bonchev–Trinajstić information content (AvgIpc) is 2.92. The molecule has 0 amide bonds. The number of hydrogen-bond acceptors (Lipinski definition) is 4. The monoisotopic (exact) mass is 259 g/mol. The third-order valence-electron chi connectivity index (χ3n) is 3.69. The molecule has 1 atom stereocenters. The van der Waals surface area contributed by atoms with E-state index in [1.807, 2.05) is 0 Å². The standard InChI is InChI=1S/C14H17N3S/c1-9-12-6-10(7-15)2-3-13(12)17-14(16-9)11-4-5-18-8-11/h4-5,8,10H,2-3,6-7,15H2,1H3. The maximum absolute atomic E-state index is 5.78. The minimum absolute atomic E-state index is 0.604. The van der Waals surface area contributed by atoms with Crippen molar-refractivity contribution in [1.29, 1.82) is 0 Å². The number of fused-ring (bicyclic) bond motifs is 1. The lowest BCUT2D eigenvalue weighted by Gasteiger charge is -2.24. The van der Waals surface area contributed by atoms with Gasteiger partial charge in [-0.15, -0.1) is 0 Å². The van der Waals surface area contributed by atoms with E-state index in [4.69, 9.17) is 10.7 Å². The normalized spacial score (nSPS) is 18.7. The third-order valence-corrected chi connectivity index (χ3v) is 4.38. The van der Waals surface area contributed by atoms with E-state index in [2.05, 4.69) is 28.7 Å². The van der Waals surface area contributed by atoms with Crippen molar-refractivity contribution in [1.82, 2.24) is 9.97 Å². The van der Waals surface area contributed by atoms with Crippen molar-refractivity contribution in [3.63, 3.8) is 0 Å². The van der Waals surface area contributed by atoms with Crippen LogP contribution < -0.4 is 5.73 Å². The molecule has 2 aromatic rings. The molecule has 0 fully saturated rings. The summed E-state index contributed by atoms with van der Waals surface area (Å²) in [6.07, 6.45) is 3.24. The molecule has 0 aromatic carbocycles. The van der Waals surface area contributed by atoms with Gasteiger partial charge in [-0.2, -0.15) is 11.3 Å². The van der Waals surface area contributed by atoms with Gasteiger partial charge in [0, 0.05) is 22.3 Å². The Bertz CT molecular complexity index is 548. The lowest BCUT2D eigenvalue weighted by atomic mass is 9.86. The van der Waals surface area contributed by atoms with Crippen molar-refractivity contribution < 1.29 is 0 Å². The average molecular weight is 259 g/mol. The highest BCUT2D eigenvalue weighted by Crippen LogP contribution is 2.28. The Hall–Kier alpha value is -1.26. The van der Waals surface area contributed by atoms with Gasteiger partial charge in [0.15, 0.2) is 5.82 Å². The van der Waals surface area contributed by atoms with Crippen molar-refractivity contribution in [3.8, 4) is 11.4 Å². The van der Waals surface area contributed by atoms with Gasteiger partial charge in [0.25, 0.3) is 0 Å². The SMILES string of the molecule is Cc1nc(-c2ccsc2)nc2c1CC(CN)CC2. The second kappa shape index (κ2) is 4.78. The van der Waals surface area contributed by atoms with Gasteiger partial charge >= 0.3 is 0 Å². The van der Waals surface area contributed by atoms with Crippen molar-refractivity contribution in [3.05, 3.63) is 33.8 Å². The van der Waals surface area contributed by atoms with Crippen LogP contribution in [0.15, 0.2) is 16.8 Å². The zero-order valence-electron chi connectivity index (χ0n) is 10.5. The predicted molar refractivity (Wildman–Crippen MR) is 74.7 cm³/mol. The summed E-state index contributed by atoms with van der Waals surface area (Å²) in [5, 5.41) is 4.17. The molecule has 0 radical (unpaired) electrons. The molecule has 0 saturated carbocycles. The number of nitrogens with two attached hydrogens (primary N) is 1. The molecule has 2 aromatic heterocycles. The van der Waals surface area contributed by atoms with Gasteiger partial charge in [-0.1, -0.05) is 0 Å². The largest absolute Gasteiger partial charge is 0.330 e. The number of rotatable bonds is 2. The van der Waals surface area contributed by atoms with E-state index in [0.29, 0.717) is 5.92 Å². The van der Waals surface area contributed by atoms with Gasteiger partial charge in [0.05, 0.1) is 0 Å². The Morgan fingerprint density at radius 1 is 1.44 bits per heavy atom. The third kappa shape index (κ3) is 2.06. The van der Waals surface area contributed by atoms with E-state index in [9.17, 15) is 0 Å². The molecule has 0 aliphatic heterocycles. The van der Waals surface area contributed by atoms with Gasteiger partial charge < -0.3 is 5.73 Å². The van der Waals surface area contributed by atoms with Crippen LogP contribution in [-0.2, 0) is 12.8 Å². The van der Waals surface area contributed by atoms with Crippen molar-refractivity contribution in [2.45, 2.75) is 26.2 Å². The van der Waals surface area contributed by atoms with Gasteiger partial charge in [-0.05, 0) is 55.7 Å². The zero-order valence-corrected chi connectivity index (χ0v) is 11.3. The predicted octanol–water partition coefficient (Wildman–Crippen LogP) is 2.58. The first kappa shape index (κ1) is 11.8. The molecular weight excluding hydrogens is 242 g/mol. The fourth-order valence-corrected chi connectivity index (χ4v) is 3.22. The molecule has 2 heterocycles. The fraction of sp³-hybridized carbons (Fsp3) is 0.429. The summed E-state index contributed by atoms with van der Waals surface area (Å²) in [6, 6.07) is 2.08. The fourth-order valence-electron chi connectivity index (χ4n) is 2.58. The molecule has 3 rings (SSSR count). The Morgan fingerprint density at radius 3 is 3.06 bits per heavy atom. The molecule has 0 bridgehead atoms. The zero-order chi connectivity index (χ0) is 12.5.